The molecule has 1 amide bonds. The molecule has 1 aromatic carbocycles. The van der Waals surface area contributed by atoms with Crippen molar-refractivity contribution in [1.82, 2.24) is 25.1 Å². The Labute approximate surface area is 175 Å². The number of benzene rings is 1. The average molecular weight is 430 g/mol. The maximum Gasteiger partial charge on any atom is 0.291 e. The number of nitrogens with zero attached hydrogens (tertiary/aromatic N) is 5. The fourth-order valence-electron chi connectivity index (χ4n) is 2.98. The number of pyridine rings is 1. The summed E-state index contributed by atoms with van der Waals surface area (Å²) in [5.41, 5.74) is -0.167. The fourth-order valence-corrected chi connectivity index (χ4v) is 3.19. The molecule has 11 heteroatoms. The first-order chi connectivity index (χ1) is 14.4. The molecule has 1 atom stereocenters. The number of hydrogen-bond acceptors (Lipinski definition) is 6. The van der Waals surface area contributed by atoms with Crippen LogP contribution in [0.3, 0.4) is 0 Å². The normalized spacial score (nSPS) is 15.9. The number of anilines is 1. The van der Waals surface area contributed by atoms with Crippen LogP contribution in [-0.4, -0.2) is 50.3 Å². The SMILES string of the molecule is CN1C(=S)[C@@H](NC(=O)c2ncn(Cc3c(F)cccc3F)n2)COc2cccnc21. The second-order valence-corrected chi connectivity index (χ2v) is 6.94. The van der Waals surface area contributed by atoms with E-state index in [4.69, 9.17) is 17.0 Å². The molecular formula is C19H16F2N6O2S. The van der Waals surface area contributed by atoms with Gasteiger partial charge in [-0.2, -0.15) is 0 Å². The lowest BCUT2D eigenvalue weighted by Crippen LogP contribution is -2.48. The number of ether oxygens (including phenoxy) is 1. The average Bonchev–Trinajstić information content (AvgIpc) is 3.17. The number of fused-ring (bicyclic) bond motifs is 1. The van der Waals surface area contributed by atoms with Gasteiger partial charge in [0.1, 0.15) is 35.6 Å². The summed E-state index contributed by atoms with van der Waals surface area (Å²) < 4.78 is 34.5. The highest BCUT2D eigenvalue weighted by molar-refractivity contribution is 7.80. The number of rotatable bonds is 4. The van der Waals surface area contributed by atoms with Crippen molar-refractivity contribution in [2.75, 3.05) is 18.6 Å². The molecule has 2 aromatic heterocycles. The van der Waals surface area contributed by atoms with Crippen LogP contribution in [0, 0.1) is 11.6 Å². The van der Waals surface area contributed by atoms with Crippen molar-refractivity contribution >= 4 is 28.9 Å². The van der Waals surface area contributed by atoms with Gasteiger partial charge in [0.15, 0.2) is 11.6 Å². The zero-order chi connectivity index (χ0) is 21.3. The van der Waals surface area contributed by atoms with Crippen LogP contribution in [0.25, 0.3) is 0 Å². The number of hydrogen-bond donors (Lipinski definition) is 1. The quantitative estimate of drug-likeness (QED) is 0.634. The minimum Gasteiger partial charge on any atom is -0.487 e. The number of nitrogens with one attached hydrogen (secondary N) is 1. The van der Waals surface area contributed by atoms with E-state index >= 15 is 0 Å². The maximum absolute atomic E-state index is 13.8. The Hall–Kier alpha value is -3.47. The second kappa shape index (κ2) is 8.11. The van der Waals surface area contributed by atoms with Crippen molar-refractivity contribution in [3.63, 3.8) is 0 Å². The molecule has 0 fully saturated rings. The topological polar surface area (TPSA) is 85.2 Å². The third-order valence-corrected chi connectivity index (χ3v) is 5.09. The van der Waals surface area contributed by atoms with E-state index in [-0.39, 0.29) is 24.5 Å². The number of halogens is 2. The van der Waals surface area contributed by atoms with Gasteiger partial charge in [-0.25, -0.2) is 23.4 Å². The molecule has 0 unspecified atom stereocenters. The van der Waals surface area contributed by atoms with Gasteiger partial charge < -0.3 is 15.0 Å². The lowest BCUT2D eigenvalue weighted by molar-refractivity contribution is 0.0927. The van der Waals surface area contributed by atoms with Gasteiger partial charge in [0.05, 0.1) is 6.54 Å². The summed E-state index contributed by atoms with van der Waals surface area (Å²) >= 11 is 5.46. The summed E-state index contributed by atoms with van der Waals surface area (Å²) in [5, 5.41) is 6.74. The van der Waals surface area contributed by atoms with Gasteiger partial charge in [-0.15, -0.1) is 5.10 Å². The number of carbonyl (C=O) groups is 1. The molecule has 3 aromatic rings. The Balaban J connectivity index is 1.47. The van der Waals surface area contributed by atoms with E-state index in [1.807, 2.05) is 0 Å². The molecule has 3 heterocycles. The molecule has 0 radical (unpaired) electrons. The van der Waals surface area contributed by atoms with Crippen LogP contribution in [0.4, 0.5) is 14.6 Å². The number of amides is 1. The van der Waals surface area contributed by atoms with Gasteiger partial charge in [0, 0.05) is 18.8 Å². The summed E-state index contributed by atoms with van der Waals surface area (Å²) in [6.45, 7) is -0.0950. The predicted molar refractivity (Wildman–Crippen MR) is 107 cm³/mol. The highest BCUT2D eigenvalue weighted by Gasteiger charge is 2.29. The number of likely N-dealkylation sites (N-methyl/N-ethyl adjacent to an activating group) is 1. The van der Waals surface area contributed by atoms with E-state index in [1.54, 1.807) is 30.3 Å². The van der Waals surface area contributed by atoms with E-state index in [0.29, 0.717) is 16.6 Å². The molecule has 1 aliphatic rings. The highest BCUT2D eigenvalue weighted by Crippen LogP contribution is 2.27. The van der Waals surface area contributed by atoms with Crippen LogP contribution in [0.5, 0.6) is 5.75 Å². The van der Waals surface area contributed by atoms with Gasteiger partial charge in [0.25, 0.3) is 5.91 Å². The van der Waals surface area contributed by atoms with Gasteiger partial charge in [-0.3, -0.25) is 4.79 Å². The molecule has 0 saturated carbocycles. The summed E-state index contributed by atoms with van der Waals surface area (Å²) in [6.07, 6.45) is 2.85. The van der Waals surface area contributed by atoms with Gasteiger partial charge in [-0.05, 0) is 24.3 Å². The molecule has 8 nitrogen and oxygen atoms in total. The Morgan fingerprint density at radius 1 is 1.27 bits per heavy atom. The summed E-state index contributed by atoms with van der Waals surface area (Å²) in [6, 6.07) is 6.46. The van der Waals surface area contributed by atoms with Crippen molar-refractivity contribution in [1.29, 1.82) is 0 Å². The summed E-state index contributed by atoms with van der Waals surface area (Å²) in [5.74, 6) is -1.05. The Bertz CT molecular complexity index is 1100. The lowest BCUT2D eigenvalue weighted by atomic mass is 10.2. The zero-order valence-corrected chi connectivity index (χ0v) is 16.6. The van der Waals surface area contributed by atoms with Crippen molar-refractivity contribution in [2.45, 2.75) is 12.6 Å². The molecule has 0 bridgehead atoms. The first-order valence-corrected chi connectivity index (χ1v) is 9.33. The number of thiocarbonyl (C=S) groups is 1. The van der Waals surface area contributed by atoms with E-state index in [1.165, 1.54) is 17.1 Å². The zero-order valence-electron chi connectivity index (χ0n) is 15.7. The third-order valence-electron chi connectivity index (χ3n) is 4.53. The molecular weight excluding hydrogens is 414 g/mol. The predicted octanol–water partition coefficient (Wildman–Crippen LogP) is 1.95. The third kappa shape index (κ3) is 3.83. The van der Waals surface area contributed by atoms with Gasteiger partial charge >= 0.3 is 0 Å². The van der Waals surface area contributed by atoms with Gasteiger partial charge in [0.2, 0.25) is 5.82 Å². The van der Waals surface area contributed by atoms with Crippen LogP contribution < -0.4 is 15.0 Å². The van der Waals surface area contributed by atoms with E-state index in [9.17, 15) is 13.6 Å². The standard InChI is InChI=1S/C19H16F2N6O2S/c1-26-17-15(6-3-7-22-17)29-9-14(19(26)30)24-18(28)16-23-10-27(25-16)8-11-12(20)4-2-5-13(11)21/h2-7,10,14H,8-9H2,1H3,(H,24,28)/t14-/m0/s1. The van der Waals surface area contributed by atoms with E-state index in [2.05, 4.69) is 20.4 Å². The smallest absolute Gasteiger partial charge is 0.291 e. The van der Waals surface area contributed by atoms with Crippen molar-refractivity contribution in [3.05, 3.63) is 65.9 Å². The van der Waals surface area contributed by atoms with Crippen LogP contribution in [0.1, 0.15) is 16.2 Å². The van der Waals surface area contributed by atoms with Gasteiger partial charge in [-0.1, -0.05) is 18.3 Å². The Morgan fingerprint density at radius 3 is 2.80 bits per heavy atom. The number of aromatic nitrogens is 4. The molecule has 1 aliphatic heterocycles. The highest BCUT2D eigenvalue weighted by atomic mass is 32.1. The minimum atomic E-state index is -0.700. The molecule has 30 heavy (non-hydrogen) atoms. The minimum absolute atomic E-state index is 0.106. The molecule has 4 rings (SSSR count). The van der Waals surface area contributed by atoms with E-state index in [0.717, 1.165) is 12.1 Å². The largest absolute Gasteiger partial charge is 0.487 e. The fraction of sp³-hybridized carbons (Fsp3) is 0.211. The Morgan fingerprint density at radius 2 is 2.03 bits per heavy atom. The maximum atomic E-state index is 13.8. The monoisotopic (exact) mass is 430 g/mol. The van der Waals surface area contributed by atoms with Crippen molar-refractivity contribution in [2.24, 2.45) is 0 Å². The summed E-state index contributed by atoms with van der Waals surface area (Å²) in [4.78, 5) is 22.9. The molecule has 0 saturated heterocycles. The van der Waals surface area contributed by atoms with Crippen LogP contribution in [0.2, 0.25) is 0 Å². The molecule has 0 spiro atoms. The van der Waals surface area contributed by atoms with Crippen LogP contribution in [-0.2, 0) is 6.54 Å². The molecule has 0 aliphatic carbocycles. The number of carbonyl (C=O) groups excluding carboxylic acids is 1. The van der Waals surface area contributed by atoms with Crippen LogP contribution >= 0.6 is 12.2 Å². The first-order valence-electron chi connectivity index (χ1n) is 8.92. The summed E-state index contributed by atoms with van der Waals surface area (Å²) in [7, 11) is 1.73. The van der Waals surface area contributed by atoms with Crippen LogP contribution in [0.15, 0.2) is 42.9 Å². The van der Waals surface area contributed by atoms with Crippen molar-refractivity contribution < 1.29 is 18.3 Å². The first kappa shape index (κ1) is 19.8. The molecule has 154 valence electrons. The van der Waals surface area contributed by atoms with E-state index < -0.39 is 23.6 Å². The van der Waals surface area contributed by atoms with Crippen molar-refractivity contribution in [3.8, 4) is 5.75 Å². The second-order valence-electron chi connectivity index (χ2n) is 6.53. The Kier molecular flexibility index (Phi) is 5.36. The molecule has 1 N–H and O–H groups in total. The lowest BCUT2D eigenvalue weighted by Gasteiger charge is -2.22.